The van der Waals surface area contributed by atoms with Crippen molar-refractivity contribution in [2.45, 2.75) is 64.3 Å². The lowest BCUT2D eigenvalue weighted by Gasteiger charge is -2.21. The van der Waals surface area contributed by atoms with Crippen LogP contribution in [-0.2, 0) is 24.1 Å². The molecular weight excluding hydrogens is 376 g/mol. The van der Waals surface area contributed by atoms with E-state index >= 15 is 0 Å². The summed E-state index contributed by atoms with van der Waals surface area (Å²) in [5.41, 5.74) is 2.36. The van der Waals surface area contributed by atoms with Gasteiger partial charge in [0.2, 0.25) is 0 Å². The zero-order valence-corrected chi connectivity index (χ0v) is 17.9. The van der Waals surface area contributed by atoms with Crippen LogP contribution in [0.1, 0.15) is 66.6 Å². The summed E-state index contributed by atoms with van der Waals surface area (Å²) in [4.78, 5) is 26.1. The van der Waals surface area contributed by atoms with Crippen LogP contribution in [0.25, 0.3) is 0 Å². The molecule has 1 heterocycles. The fraction of sp³-hybridized carbons (Fsp3) is 0.520. The quantitative estimate of drug-likeness (QED) is 0.487. The molecule has 1 atom stereocenters. The average molecular weight is 411 g/mol. The third kappa shape index (κ3) is 5.97. The fourth-order valence-electron chi connectivity index (χ4n) is 4.33. The topological polar surface area (TPSA) is 60.3 Å². The number of nitrogens with one attached hydrogen (secondary N) is 1. The van der Waals surface area contributed by atoms with E-state index < -0.39 is 0 Å². The van der Waals surface area contributed by atoms with E-state index in [1.807, 2.05) is 10.6 Å². The van der Waals surface area contributed by atoms with Crippen LogP contribution in [0, 0.1) is 5.92 Å². The van der Waals surface area contributed by atoms with Crippen LogP contribution in [0.4, 0.5) is 0 Å². The van der Waals surface area contributed by atoms with Gasteiger partial charge < -0.3 is 14.6 Å². The number of fused-ring (bicyclic) bond motifs is 1. The maximum absolute atomic E-state index is 13.2. The lowest BCUT2D eigenvalue weighted by atomic mass is 9.95. The zero-order valence-electron chi connectivity index (χ0n) is 17.9. The molecule has 0 bridgehead atoms. The second-order valence-electron chi connectivity index (χ2n) is 8.15. The molecule has 5 heteroatoms. The van der Waals surface area contributed by atoms with Crippen LogP contribution in [0.3, 0.4) is 0 Å². The number of hydrogen-bond acceptors (Lipinski definition) is 3. The summed E-state index contributed by atoms with van der Waals surface area (Å²) in [5, 5.41) is 2.98. The first kappa shape index (κ1) is 22.1. The molecule has 0 saturated carbocycles. The number of nitrogens with zero attached hydrogens (tertiary/aromatic N) is 1. The number of rotatable bonds is 9. The van der Waals surface area contributed by atoms with Gasteiger partial charge in [-0.05, 0) is 62.5 Å². The predicted octanol–water partition coefficient (Wildman–Crippen LogP) is 4.31. The van der Waals surface area contributed by atoms with Gasteiger partial charge in [-0.15, -0.1) is 0 Å². The number of hydrogen-bond donors (Lipinski definition) is 1. The SMILES string of the molecule is C=COCCCn1c2c(cc(C(=O)NCCC3C=CC=CC3)c1=O)CCCCCC2. The number of pyridine rings is 1. The Bertz CT molecular complexity index is 851. The van der Waals surface area contributed by atoms with Crippen molar-refractivity contribution in [2.24, 2.45) is 5.92 Å². The monoisotopic (exact) mass is 410 g/mol. The van der Waals surface area contributed by atoms with Gasteiger partial charge in [-0.3, -0.25) is 9.59 Å². The molecule has 30 heavy (non-hydrogen) atoms. The third-order valence-electron chi connectivity index (χ3n) is 5.98. The molecule has 0 spiro atoms. The Labute approximate surface area is 179 Å². The van der Waals surface area contributed by atoms with E-state index in [0.717, 1.165) is 49.8 Å². The van der Waals surface area contributed by atoms with Crippen LogP contribution >= 0.6 is 0 Å². The first-order valence-electron chi connectivity index (χ1n) is 11.3. The van der Waals surface area contributed by atoms with E-state index in [4.69, 9.17) is 4.74 Å². The Balaban J connectivity index is 1.76. The maximum Gasteiger partial charge on any atom is 0.263 e. The van der Waals surface area contributed by atoms with Gasteiger partial charge in [0.15, 0.2) is 0 Å². The average Bonchev–Trinajstić information content (AvgIpc) is 2.74. The standard InChI is InChI=1S/C25H34N2O3/c1-2-30-18-10-17-27-23-14-9-4-3-8-13-21(23)19-22(25(27)29)24(28)26-16-15-20-11-6-5-7-12-20/h2,5-7,11,19-20H,1,3-4,8-10,12-18H2,(H,26,28). The molecule has 0 aliphatic heterocycles. The summed E-state index contributed by atoms with van der Waals surface area (Å²) in [6, 6.07) is 1.86. The fourth-order valence-corrected chi connectivity index (χ4v) is 4.33. The van der Waals surface area contributed by atoms with Crippen LogP contribution in [-0.4, -0.2) is 23.6 Å². The number of aryl methyl sites for hydroxylation is 1. The van der Waals surface area contributed by atoms with Crippen molar-refractivity contribution in [2.75, 3.05) is 13.2 Å². The molecule has 0 fully saturated rings. The number of carbonyl (C=O) groups is 1. The number of allylic oxidation sites excluding steroid dienone is 4. The van der Waals surface area contributed by atoms with Crippen LogP contribution < -0.4 is 10.9 Å². The molecule has 1 N–H and O–H groups in total. The molecule has 162 valence electrons. The highest BCUT2D eigenvalue weighted by Crippen LogP contribution is 2.21. The summed E-state index contributed by atoms with van der Waals surface area (Å²) in [6.07, 6.45) is 18.9. The highest BCUT2D eigenvalue weighted by atomic mass is 16.5. The maximum atomic E-state index is 13.2. The number of carbonyl (C=O) groups excluding carboxylic acids is 1. The Kier molecular flexibility index (Phi) is 8.54. The van der Waals surface area contributed by atoms with Crippen molar-refractivity contribution in [3.05, 3.63) is 70.4 Å². The van der Waals surface area contributed by atoms with Crippen molar-refractivity contribution < 1.29 is 9.53 Å². The Morgan fingerprint density at radius 3 is 2.83 bits per heavy atom. The molecule has 2 aliphatic carbocycles. The highest BCUT2D eigenvalue weighted by Gasteiger charge is 2.20. The first-order chi connectivity index (χ1) is 14.7. The number of ether oxygens (including phenoxy) is 1. The van der Waals surface area contributed by atoms with Crippen molar-refractivity contribution >= 4 is 5.91 Å². The third-order valence-corrected chi connectivity index (χ3v) is 5.98. The normalized spacial score (nSPS) is 18.2. The molecule has 0 saturated heterocycles. The van der Waals surface area contributed by atoms with Gasteiger partial charge in [-0.25, -0.2) is 0 Å². The van der Waals surface area contributed by atoms with Gasteiger partial charge in [0.05, 0.1) is 12.9 Å². The van der Waals surface area contributed by atoms with Gasteiger partial charge in [0.1, 0.15) is 5.56 Å². The molecule has 0 radical (unpaired) electrons. The lowest BCUT2D eigenvalue weighted by molar-refractivity contribution is 0.0949. The minimum Gasteiger partial charge on any atom is -0.502 e. The van der Waals surface area contributed by atoms with Crippen molar-refractivity contribution in [3.8, 4) is 0 Å². The number of aromatic nitrogens is 1. The second kappa shape index (κ2) is 11.6. The minimum absolute atomic E-state index is 0.175. The van der Waals surface area contributed by atoms with Crippen LogP contribution in [0.5, 0.6) is 0 Å². The Hall–Kier alpha value is -2.56. The molecule has 1 unspecified atom stereocenters. The van der Waals surface area contributed by atoms with E-state index in [0.29, 0.717) is 32.0 Å². The molecule has 1 amide bonds. The Morgan fingerprint density at radius 1 is 1.23 bits per heavy atom. The molecule has 0 aromatic carbocycles. The zero-order chi connectivity index (χ0) is 21.2. The van der Waals surface area contributed by atoms with Crippen molar-refractivity contribution in [1.29, 1.82) is 0 Å². The van der Waals surface area contributed by atoms with Crippen molar-refractivity contribution in [3.63, 3.8) is 0 Å². The summed E-state index contributed by atoms with van der Waals surface area (Å²) in [6.45, 7) is 5.22. The van der Waals surface area contributed by atoms with Gasteiger partial charge in [0.25, 0.3) is 11.5 Å². The smallest absolute Gasteiger partial charge is 0.263 e. The van der Waals surface area contributed by atoms with E-state index in [-0.39, 0.29) is 17.0 Å². The highest BCUT2D eigenvalue weighted by molar-refractivity contribution is 5.94. The first-order valence-corrected chi connectivity index (χ1v) is 11.3. The molecule has 1 aromatic rings. The van der Waals surface area contributed by atoms with E-state index in [9.17, 15) is 9.59 Å². The number of amides is 1. The summed E-state index contributed by atoms with van der Waals surface area (Å²) < 4.78 is 7.06. The largest absolute Gasteiger partial charge is 0.502 e. The summed E-state index contributed by atoms with van der Waals surface area (Å²) in [7, 11) is 0. The van der Waals surface area contributed by atoms with Gasteiger partial charge in [0, 0.05) is 18.8 Å². The van der Waals surface area contributed by atoms with E-state index in [2.05, 4.69) is 36.2 Å². The van der Waals surface area contributed by atoms with Crippen molar-refractivity contribution in [1.82, 2.24) is 9.88 Å². The lowest BCUT2D eigenvalue weighted by Crippen LogP contribution is -2.36. The Morgan fingerprint density at radius 2 is 2.07 bits per heavy atom. The van der Waals surface area contributed by atoms with Crippen LogP contribution in [0.2, 0.25) is 0 Å². The summed E-state index contributed by atoms with van der Waals surface area (Å²) in [5.74, 6) is 0.198. The van der Waals surface area contributed by atoms with Gasteiger partial charge >= 0.3 is 0 Å². The summed E-state index contributed by atoms with van der Waals surface area (Å²) >= 11 is 0. The van der Waals surface area contributed by atoms with E-state index in [1.54, 1.807) is 0 Å². The molecular formula is C25H34N2O3. The molecule has 3 rings (SSSR count). The van der Waals surface area contributed by atoms with Gasteiger partial charge in [-0.1, -0.05) is 43.7 Å². The second-order valence-corrected chi connectivity index (χ2v) is 8.15. The molecule has 1 aromatic heterocycles. The van der Waals surface area contributed by atoms with Gasteiger partial charge in [-0.2, -0.15) is 0 Å². The molecule has 5 nitrogen and oxygen atoms in total. The van der Waals surface area contributed by atoms with E-state index in [1.165, 1.54) is 19.1 Å². The minimum atomic E-state index is -0.253. The van der Waals surface area contributed by atoms with Crippen LogP contribution in [0.15, 0.2) is 48.0 Å². The predicted molar refractivity (Wildman–Crippen MR) is 121 cm³/mol. The molecule has 2 aliphatic rings.